The Balaban J connectivity index is 2.09. The van der Waals surface area contributed by atoms with Crippen LogP contribution < -0.4 is 0 Å². The summed E-state index contributed by atoms with van der Waals surface area (Å²) < 4.78 is 10.6. The van der Waals surface area contributed by atoms with Crippen LogP contribution in [0.5, 0.6) is 0 Å². The van der Waals surface area contributed by atoms with Crippen LogP contribution in [0.1, 0.15) is 33.4 Å². The summed E-state index contributed by atoms with van der Waals surface area (Å²) in [5.41, 5.74) is 0.584. The largest absolute Gasteiger partial charge is 0.367 e. The lowest BCUT2D eigenvalue weighted by atomic mass is 9.99. The monoisotopic (exact) mass is 275 g/mol. The van der Waals surface area contributed by atoms with Crippen molar-refractivity contribution in [3.8, 4) is 0 Å². The van der Waals surface area contributed by atoms with Gasteiger partial charge in [-0.2, -0.15) is 0 Å². The predicted octanol–water partition coefficient (Wildman–Crippen LogP) is 2.58. The maximum absolute atomic E-state index is 6.04. The predicted molar refractivity (Wildman–Crippen MR) is 69.4 cm³/mol. The van der Waals surface area contributed by atoms with Crippen LogP contribution in [0.2, 0.25) is 4.34 Å². The van der Waals surface area contributed by atoms with Crippen LogP contribution >= 0.6 is 23.1 Å². The minimum Gasteiger partial charge on any atom is -0.367 e. The van der Waals surface area contributed by atoms with E-state index in [-0.39, 0.29) is 11.2 Å². The lowest BCUT2D eigenvalue weighted by molar-refractivity contribution is -0.182. The van der Waals surface area contributed by atoms with Gasteiger partial charge in [0.2, 0.25) is 0 Å². The molecule has 1 fully saturated rings. The lowest BCUT2D eigenvalue weighted by Gasteiger charge is -2.47. The molecule has 0 unspecified atom stereocenters. The van der Waals surface area contributed by atoms with E-state index in [4.69, 9.17) is 16.3 Å². The van der Waals surface area contributed by atoms with Crippen LogP contribution in [-0.4, -0.2) is 38.8 Å². The van der Waals surface area contributed by atoms with Gasteiger partial charge in [-0.1, -0.05) is 16.1 Å². The van der Waals surface area contributed by atoms with E-state index in [0.717, 1.165) is 25.3 Å². The fourth-order valence-electron chi connectivity index (χ4n) is 2.56. The lowest BCUT2D eigenvalue weighted by Crippen LogP contribution is -2.56. The van der Waals surface area contributed by atoms with Gasteiger partial charge in [0.05, 0.1) is 11.2 Å². The van der Waals surface area contributed by atoms with E-state index in [2.05, 4.69) is 42.2 Å². The average Bonchev–Trinajstić information content (AvgIpc) is 2.45. The van der Waals surface area contributed by atoms with E-state index in [0.29, 0.717) is 4.34 Å². The summed E-state index contributed by atoms with van der Waals surface area (Å²) in [6.45, 7) is 11.0. The molecule has 1 aromatic heterocycles. The van der Waals surface area contributed by atoms with E-state index in [1.165, 1.54) is 11.5 Å². The Hall–Kier alpha value is -0.230. The van der Waals surface area contributed by atoms with Gasteiger partial charge >= 0.3 is 0 Å². The van der Waals surface area contributed by atoms with Crippen molar-refractivity contribution in [2.24, 2.45) is 0 Å². The second kappa shape index (κ2) is 4.46. The number of ether oxygens (including phenoxy) is 1. The molecule has 0 N–H and O–H groups in total. The number of rotatable bonds is 2. The molecule has 0 aliphatic carbocycles. The van der Waals surface area contributed by atoms with E-state index in [1.54, 1.807) is 0 Å². The first-order valence-electron chi connectivity index (χ1n) is 5.67. The highest BCUT2D eigenvalue weighted by Crippen LogP contribution is 2.29. The molecule has 17 heavy (non-hydrogen) atoms. The molecule has 0 spiro atoms. The molecule has 0 atom stereocenters. The van der Waals surface area contributed by atoms with Crippen molar-refractivity contribution in [3.05, 3.63) is 10.0 Å². The minimum atomic E-state index is -0.141. The third-order valence-electron chi connectivity index (χ3n) is 2.64. The topological polar surface area (TPSA) is 38.2 Å². The van der Waals surface area contributed by atoms with Crippen molar-refractivity contribution in [1.29, 1.82) is 0 Å². The van der Waals surface area contributed by atoms with Crippen LogP contribution in [0.4, 0.5) is 0 Å². The SMILES string of the molecule is CC1(C)CN(Cc2nnsc2Cl)CC(C)(C)O1. The summed E-state index contributed by atoms with van der Waals surface area (Å²) in [5.74, 6) is 0. The molecule has 1 saturated heterocycles. The van der Waals surface area contributed by atoms with Gasteiger partial charge in [-0.15, -0.1) is 5.10 Å². The van der Waals surface area contributed by atoms with Crippen molar-refractivity contribution in [2.75, 3.05) is 13.1 Å². The summed E-state index contributed by atoms with van der Waals surface area (Å²) in [6, 6.07) is 0. The zero-order chi connectivity index (χ0) is 12.7. The average molecular weight is 276 g/mol. The smallest absolute Gasteiger partial charge is 0.138 e. The second-order valence-corrected chi connectivity index (χ2v) is 7.12. The highest BCUT2D eigenvalue weighted by Gasteiger charge is 2.38. The molecule has 0 aromatic carbocycles. The van der Waals surface area contributed by atoms with Gasteiger partial charge in [-0.25, -0.2) is 0 Å². The van der Waals surface area contributed by atoms with E-state index in [1.807, 2.05) is 0 Å². The van der Waals surface area contributed by atoms with Gasteiger partial charge < -0.3 is 4.74 Å². The highest BCUT2D eigenvalue weighted by atomic mass is 35.5. The van der Waals surface area contributed by atoms with E-state index >= 15 is 0 Å². The fraction of sp³-hybridized carbons (Fsp3) is 0.818. The number of hydrogen-bond donors (Lipinski definition) is 0. The molecule has 0 saturated carbocycles. The standard InChI is InChI=1S/C11H18ClN3OS/c1-10(2)6-15(7-11(3,4)16-10)5-8-9(12)17-14-13-8/h5-7H2,1-4H3. The Morgan fingerprint density at radius 3 is 2.35 bits per heavy atom. The Bertz CT molecular complexity index is 389. The third kappa shape index (κ3) is 3.37. The van der Waals surface area contributed by atoms with Gasteiger partial charge in [0.1, 0.15) is 10.0 Å². The van der Waals surface area contributed by atoms with Crippen LogP contribution in [0.3, 0.4) is 0 Å². The number of morpholine rings is 1. The molecular formula is C11H18ClN3OS. The van der Waals surface area contributed by atoms with Crippen molar-refractivity contribution >= 4 is 23.1 Å². The molecule has 0 amide bonds. The zero-order valence-corrected chi connectivity index (χ0v) is 12.2. The van der Waals surface area contributed by atoms with Gasteiger partial charge in [0.25, 0.3) is 0 Å². The van der Waals surface area contributed by atoms with Gasteiger partial charge in [0, 0.05) is 31.2 Å². The number of nitrogens with zero attached hydrogens (tertiary/aromatic N) is 3. The van der Waals surface area contributed by atoms with E-state index in [9.17, 15) is 0 Å². The normalized spacial score (nSPS) is 23.8. The Morgan fingerprint density at radius 2 is 1.88 bits per heavy atom. The van der Waals surface area contributed by atoms with Crippen molar-refractivity contribution in [3.63, 3.8) is 0 Å². The maximum atomic E-state index is 6.04. The summed E-state index contributed by atoms with van der Waals surface area (Å²) in [4.78, 5) is 2.33. The first-order valence-corrected chi connectivity index (χ1v) is 6.82. The molecule has 6 heteroatoms. The van der Waals surface area contributed by atoms with Crippen molar-refractivity contribution in [1.82, 2.24) is 14.5 Å². The Labute approximate surface area is 111 Å². The van der Waals surface area contributed by atoms with Crippen molar-refractivity contribution < 1.29 is 4.74 Å². The summed E-state index contributed by atoms with van der Waals surface area (Å²) in [6.07, 6.45) is 0. The molecule has 96 valence electrons. The molecule has 0 radical (unpaired) electrons. The molecule has 2 heterocycles. The van der Waals surface area contributed by atoms with Gasteiger partial charge in [-0.05, 0) is 27.7 Å². The zero-order valence-electron chi connectivity index (χ0n) is 10.7. The number of halogens is 1. The third-order valence-corrected chi connectivity index (χ3v) is 3.63. The fourth-order valence-corrected chi connectivity index (χ4v) is 3.17. The maximum Gasteiger partial charge on any atom is 0.138 e. The molecule has 1 aromatic rings. The van der Waals surface area contributed by atoms with Crippen LogP contribution in [0.25, 0.3) is 0 Å². The van der Waals surface area contributed by atoms with Crippen LogP contribution in [0, 0.1) is 0 Å². The summed E-state index contributed by atoms with van der Waals surface area (Å²) >= 11 is 7.28. The van der Waals surface area contributed by atoms with Crippen LogP contribution in [0.15, 0.2) is 0 Å². The molecular weight excluding hydrogens is 258 g/mol. The molecule has 4 nitrogen and oxygen atoms in total. The number of aromatic nitrogens is 2. The molecule has 1 aliphatic heterocycles. The van der Waals surface area contributed by atoms with Crippen LogP contribution in [-0.2, 0) is 11.3 Å². The second-order valence-electron chi connectivity index (χ2n) is 5.76. The molecule has 0 bridgehead atoms. The quantitative estimate of drug-likeness (QED) is 0.832. The Kier molecular flexibility index (Phi) is 3.47. The first kappa shape index (κ1) is 13.2. The highest BCUT2D eigenvalue weighted by molar-refractivity contribution is 7.10. The van der Waals surface area contributed by atoms with Crippen molar-refractivity contribution in [2.45, 2.75) is 45.4 Å². The number of hydrogen-bond acceptors (Lipinski definition) is 5. The summed E-state index contributed by atoms with van der Waals surface area (Å²) in [5, 5.41) is 4.06. The van der Waals surface area contributed by atoms with Gasteiger partial charge in [-0.3, -0.25) is 4.90 Å². The molecule has 1 aliphatic rings. The first-order chi connectivity index (χ1) is 7.77. The Morgan fingerprint density at radius 1 is 1.29 bits per heavy atom. The minimum absolute atomic E-state index is 0.141. The molecule has 2 rings (SSSR count). The van der Waals surface area contributed by atoms with Gasteiger partial charge in [0.15, 0.2) is 0 Å². The summed E-state index contributed by atoms with van der Waals surface area (Å²) in [7, 11) is 0. The van der Waals surface area contributed by atoms with E-state index < -0.39 is 0 Å².